The first-order valence-corrected chi connectivity index (χ1v) is 6.00. The van der Waals surface area contributed by atoms with Crippen molar-refractivity contribution in [2.24, 2.45) is 5.41 Å². The maximum absolute atomic E-state index is 3.66. The van der Waals surface area contributed by atoms with E-state index >= 15 is 0 Å². The first-order chi connectivity index (χ1) is 7.15. The van der Waals surface area contributed by atoms with Crippen LogP contribution in [0.15, 0.2) is 24.3 Å². The molecule has 1 nitrogen and oxygen atoms in total. The number of aryl methyl sites for hydroxylation is 1. The van der Waals surface area contributed by atoms with Gasteiger partial charge in [0.2, 0.25) is 0 Å². The number of benzene rings is 1. The van der Waals surface area contributed by atoms with E-state index in [9.17, 15) is 0 Å². The Bertz CT molecular complexity index is 339. The average Bonchev–Trinajstić information content (AvgIpc) is 2.99. The van der Waals surface area contributed by atoms with E-state index in [0.717, 1.165) is 6.42 Å². The Morgan fingerprint density at radius 2 is 2.00 bits per heavy atom. The lowest BCUT2D eigenvalue weighted by atomic mass is 9.99. The van der Waals surface area contributed by atoms with Gasteiger partial charge in [0, 0.05) is 11.7 Å². The summed E-state index contributed by atoms with van der Waals surface area (Å²) >= 11 is 0. The number of rotatable bonds is 4. The SMILES string of the molecule is CCc1ccccc1NC(C)C1(C)CC1. The minimum absolute atomic E-state index is 0.543. The molecule has 1 aliphatic carbocycles. The lowest BCUT2D eigenvalue weighted by Gasteiger charge is -2.23. The van der Waals surface area contributed by atoms with Gasteiger partial charge in [-0.25, -0.2) is 0 Å². The summed E-state index contributed by atoms with van der Waals surface area (Å²) < 4.78 is 0. The summed E-state index contributed by atoms with van der Waals surface area (Å²) in [5.74, 6) is 0. The molecule has 82 valence electrons. The summed E-state index contributed by atoms with van der Waals surface area (Å²) in [7, 11) is 0. The van der Waals surface area contributed by atoms with Gasteiger partial charge in [-0.1, -0.05) is 32.0 Å². The van der Waals surface area contributed by atoms with Gasteiger partial charge in [0.15, 0.2) is 0 Å². The monoisotopic (exact) mass is 203 g/mol. The van der Waals surface area contributed by atoms with Gasteiger partial charge < -0.3 is 5.32 Å². The van der Waals surface area contributed by atoms with Crippen LogP contribution < -0.4 is 5.32 Å². The predicted molar refractivity (Wildman–Crippen MR) is 66.2 cm³/mol. The van der Waals surface area contributed by atoms with Gasteiger partial charge in [0.25, 0.3) is 0 Å². The Labute approximate surface area is 92.9 Å². The van der Waals surface area contributed by atoms with Crippen LogP contribution in [0, 0.1) is 5.41 Å². The third kappa shape index (κ3) is 2.17. The number of hydrogen-bond acceptors (Lipinski definition) is 1. The van der Waals surface area contributed by atoms with Crippen molar-refractivity contribution in [3.63, 3.8) is 0 Å². The van der Waals surface area contributed by atoms with Crippen LogP contribution in [-0.2, 0) is 6.42 Å². The van der Waals surface area contributed by atoms with Gasteiger partial charge >= 0.3 is 0 Å². The molecule has 0 radical (unpaired) electrons. The maximum atomic E-state index is 3.66. The number of anilines is 1. The van der Waals surface area contributed by atoms with E-state index in [4.69, 9.17) is 0 Å². The fraction of sp³-hybridized carbons (Fsp3) is 0.571. The molecule has 1 N–H and O–H groups in total. The maximum Gasteiger partial charge on any atom is 0.0374 e. The summed E-state index contributed by atoms with van der Waals surface area (Å²) in [4.78, 5) is 0. The quantitative estimate of drug-likeness (QED) is 0.783. The van der Waals surface area contributed by atoms with Crippen molar-refractivity contribution < 1.29 is 0 Å². The van der Waals surface area contributed by atoms with Gasteiger partial charge in [-0.15, -0.1) is 0 Å². The predicted octanol–water partition coefficient (Wildman–Crippen LogP) is 3.85. The number of para-hydroxylation sites is 1. The van der Waals surface area contributed by atoms with Crippen molar-refractivity contribution in [1.82, 2.24) is 0 Å². The van der Waals surface area contributed by atoms with Crippen molar-refractivity contribution in [3.8, 4) is 0 Å². The number of hydrogen-bond donors (Lipinski definition) is 1. The van der Waals surface area contributed by atoms with Crippen molar-refractivity contribution >= 4 is 5.69 Å². The molecule has 15 heavy (non-hydrogen) atoms. The average molecular weight is 203 g/mol. The van der Waals surface area contributed by atoms with Gasteiger partial charge in [-0.3, -0.25) is 0 Å². The topological polar surface area (TPSA) is 12.0 Å². The highest BCUT2D eigenvalue weighted by Crippen LogP contribution is 2.48. The Balaban J connectivity index is 2.09. The smallest absolute Gasteiger partial charge is 0.0374 e. The molecule has 0 bridgehead atoms. The van der Waals surface area contributed by atoms with E-state index in [1.807, 2.05) is 0 Å². The highest BCUT2D eigenvalue weighted by atomic mass is 14.9. The molecule has 1 aromatic carbocycles. The molecule has 0 amide bonds. The molecule has 1 fully saturated rings. The highest BCUT2D eigenvalue weighted by Gasteiger charge is 2.42. The zero-order valence-corrected chi connectivity index (χ0v) is 10.0. The van der Waals surface area contributed by atoms with Gasteiger partial charge in [-0.05, 0) is 43.2 Å². The minimum atomic E-state index is 0.543. The third-order valence-corrected chi connectivity index (χ3v) is 3.85. The van der Waals surface area contributed by atoms with Gasteiger partial charge in [0.1, 0.15) is 0 Å². The molecule has 0 aromatic heterocycles. The Morgan fingerprint density at radius 1 is 1.33 bits per heavy atom. The lowest BCUT2D eigenvalue weighted by molar-refractivity contribution is 0.493. The van der Waals surface area contributed by atoms with E-state index in [0.29, 0.717) is 11.5 Å². The molecule has 1 saturated carbocycles. The normalized spacial score (nSPS) is 19.7. The molecule has 1 atom stereocenters. The van der Waals surface area contributed by atoms with Crippen molar-refractivity contribution in [2.45, 2.75) is 46.1 Å². The molecular formula is C14H21N. The summed E-state index contributed by atoms with van der Waals surface area (Å²) in [6, 6.07) is 9.23. The van der Waals surface area contributed by atoms with E-state index < -0.39 is 0 Å². The largest absolute Gasteiger partial charge is 0.382 e. The fourth-order valence-electron chi connectivity index (χ4n) is 2.01. The minimum Gasteiger partial charge on any atom is -0.382 e. The zero-order valence-electron chi connectivity index (χ0n) is 10.0. The molecule has 0 heterocycles. The molecule has 0 spiro atoms. The van der Waals surface area contributed by atoms with Crippen LogP contribution in [0.3, 0.4) is 0 Å². The van der Waals surface area contributed by atoms with Crippen LogP contribution in [-0.4, -0.2) is 6.04 Å². The molecular weight excluding hydrogens is 182 g/mol. The van der Waals surface area contributed by atoms with Crippen LogP contribution in [0.5, 0.6) is 0 Å². The number of nitrogens with one attached hydrogen (secondary N) is 1. The summed E-state index contributed by atoms with van der Waals surface area (Å²) in [6.07, 6.45) is 3.84. The van der Waals surface area contributed by atoms with Gasteiger partial charge in [-0.2, -0.15) is 0 Å². The first-order valence-electron chi connectivity index (χ1n) is 6.00. The van der Waals surface area contributed by atoms with Crippen LogP contribution in [0.4, 0.5) is 5.69 Å². The van der Waals surface area contributed by atoms with Gasteiger partial charge in [0.05, 0.1) is 0 Å². The van der Waals surface area contributed by atoms with Crippen LogP contribution in [0.2, 0.25) is 0 Å². The summed E-state index contributed by atoms with van der Waals surface area (Å²) in [5.41, 5.74) is 3.29. The molecule has 0 aliphatic heterocycles. The van der Waals surface area contributed by atoms with E-state index in [2.05, 4.69) is 50.4 Å². The fourth-order valence-corrected chi connectivity index (χ4v) is 2.01. The second-order valence-corrected chi connectivity index (χ2v) is 5.03. The molecule has 0 saturated heterocycles. The highest BCUT2D eigenvalue weighted by molar-refractivity contribution is 5.52. The van der Waals surface area contributed by atoms with Crippen molar-refractivity contribution in [1.29, 1.82) is 0 Å². The third-order valence-electron chi connectivity index (χ3n) is 3.85. The summed E-state index contributed by atoms with van der Waals surface area (Å²) in [6.45, 7) is 6.89. The van der Waals surface area contributed by atoms with Crippen LogP contribution in [0.25, 0.3) is 0 Å². The molecule has 1 aliphatic rings. The first kappa shape index (κ1) is 10.5. The second-order valence-electron chi connectivity index (χ2n) is 5.03. The molecule has 2 rings (SSSR count). The van der Waals surface area contributed by atoms with Crippen molar-refractivity contribution in [2.75, 3.05) is 5.32 Å². The lowest BCUT2D eigenvalue weighted by Crippen LogP contribution is -2.25. The van der Waals surface area contributed by atoms with Crippen LogP contribution in [0.1, 0.15) is 39.2 Å². The zero-order chi connectivity index (χ0) is 10.9. The molecule has 1 unspecified atom stereocenters. The molecule has 1 heteroatoms. The van der Waals surface area contributed by atoms with E-state index in [-0.39, 0.29) is 0 Å². The summed E-state index contributed by atoms with van der Waals surface area (Å²) in [5, 5.41) is 3.66. The Hall–Kier alpha value is -0.980. The standard InChI is InChI=1S/C14H21N/c1-4-12-7-5-6-8-13(12)15-11(2)14(3)9-10-14/h5-8,11,15H,4,9-10H2,1-3H3. The molecule has 1 aromatic rings. The van der Waals surface area contributed by atoms with Crippen LogP contribution >= 0.6 is 0 Å². The Morgan fingerprint density at radius 3 is 2.60 bits per heavy atom. The second kappa shape index (κ2) is 3.88. The van der Waals surface area contributed by atoms with E-state index in [1.54, 1.807) is 0 Å². The Kier molecular flexibility index (Phi) is 2.72. The van der Waals surface area contributed by atoms with Crippen molar-refractivity contribution in [3.05, 3.63) is 29.8 Å². The van der Waals surface area contributed by atoms with E-state index in [1.165, 1.54) is 24.1 Å².